The second-order valence-corrected chi connectivity index (χ2v) is 29.7. The van der Waals surface area contributed by atoms with E-state index in [0.29, 0.717) is 0 Å². The number of amides is 11. The molecule has 14 atom stereocenters. The molecule has 1 saturated heterocycles. The van der Waals surface area contributed by atoms with Crippen molar-refractivity contribution in [2.45, 2.75) is 228 Å². The number of aliphatic hydroxyl groups is 2. The molecule has 27 heteroatoms. The highest BCUT2D eigenvalue weighted by Crippen LogP contribution is 2.27. The zero-order valence-corrected chi connectivity index (χ0v) is 60.5. The van der Waals surface area contributed by atoms with E-state index in [9.17, 15) is 47.4 Å². The number of carbonyl (C=O) groups is 11. The quantitative estimate of drug-likeness (QED) is 0.101. The maximum atomic E-state index is 15.3. The summed E-state index contributed by atoms with van der Waals surface area (Å²) in [5.41, 5.74) is 0. The highest BCUT2D eigenvalue weighted by molar-refractivity contribution is 7.90. The smallest absolute Gasteiger partial charge is 0.246 e. The Balaban J connectivity index is 4.57. The molecular formula is C65H117N11O15S. The summed E-state index contributed by atoms with van der Waals surface area (Å²) in [6, 6.07) is -15.2. The molecule has 26 nitrogen and oxygen atoms in total. The molecule has 1 rings (SSSR count). The van der Waals surface area contributed by atoms with E-state index in [1.54, 1.807) is 60.6 Å². The van der Waals surface area contributed by atoms with E-state index in [2.05, 4.69) is 21.3 Å². The van der Waals surface area contributed by atoms with E-state index in [1.807, 2.05) is 41.5 Å². The van der Waals surface area contributed by atoms with Crippen molar-refractivity contribution < 1.29 is 71.4 Å². The standard InChI is InChI=1S/C65H117N11O15S/c1-25-27-29-41(13)54(78)53-58(82)68-45(26-2)60(84)70(17)46(30-28-31-77)61(85)75(22)52(42(14)35-92(24,90)91)57(81)69-50(39(9)10)64(88)71(18)47(32-36(3)4)56(80)66-43(15)55(79)67-44(16)59(83)72(19)48(33-37(5)6)62(86)73(20)49(34-38(7)8)63(87)74(21)51(40(11)12)65(89)76(53)23/h25,27,36-54,77-78H,26,28-35H2,1-24H3,(H,66,80)(H,67,79)(H,68,82)(H,69,81)/b27-25+/t41-,42-,43+,44-,45+,46-,47+,48+,49+,50+,51+,52+,53+,54-/m1/s1. The monoisotopic (exact) mass is 1320 g/mol. The van der Waals surface area contributed by atoms with Crippen LogP contribution in [0.5, 0.6) is 0 Å². The molecule has 0 aromatic rings. The molecule has 528 valence electrons. The van der Waals surface area contributed by atoms with Gasteiger partial charge in [0.1, 0.15) is 76.3 Å². The van der Waals surface area contributed by atoms with E-state index in [1.165, 1.54) is 84.8 Å². The van der Waals surface area contributed by atoms with Gasteiger partial charge in [-0.25, -0.2) is 8.42 Å². The highest BCUT2D eigenvalue weighted by Gasteiger charge is 2.47. The SMILES string of the molecule is C/C=C/C[C@@H](C)[C@@H](O)[C@H]1C(=O)N[C@@H](CC)C(=O)N(C)[C@H](CCCO)C(=O)N(C)[C@@H]([C@H](C)CS(C)(=O)=O)C(=O)N[C@@H](C(C)C)C(=O)N(C)[C@@H](CC(C)C)C(=O)N[C@@H](C)C(=O)N[C@H](C)C(=O)N(C)[C@@H](CC(C)C)C(=O)N(C)[C@@H](CC(C)C)C(=O)N(C)[C@@H](C(C)C)C(=O)N1C. The van der Waals surface area contributed by atoms with Crippen LogP contribution in [0.25, 0.3) is 0 Å². The van der Waals surface area contributed by atoms with Crippen molar-refractivity contribution in [1.29, 1.82) is 0 Å². The Hall–Kier alpha value is -6.22. The summed E-state index contributed by atoms with van der Waals surface area (Å²) < 4.78 is 25.9. The zero-order chi connectivity index (χ0) is 71.5. The Labute approximate surface area is 549 Å². The van der Waals surface area contributed by atoms with Gasteiger partial charge in [-0.3, -0.25) is 52.7 Å². The van der Waals surface area contributed by atoms with Crippen molar-refractivity contribution in [3.05, 3.63) is 12.2 Å². The Morgan fingerprint density at radius 3 is 1.37 bits per heavy atom. The number of aliphatic hydroxyl groups excluding tert-OH is 2. The molecule has 1 fully saturated rings. The minimum atomic E-state index is -3.86. The zero-order valence-electron chi connectivity index (χ0n) is 59.7. The van der Waals surface area contributed by atoms with Crippen LogP contribution in [0.3, 0.4) is 0 Å². The summed E-state index contributed by atoms with van der Waals surface area (Å²) in [4.78, 5) is 171. The molecule has 0 spiro atoms. The average Bonchev–Trinajstić information content (AvgIpc) is 0.821. The van der Waals surface area contributed by atoms with Crippen LogP contribution in [0.4, 0.5) is 0 Å². The average molecular weight is 1320 g/mol. The Morgan fingerprint density at radius 2 is 0.913 bits per heavy atom. The lowest BCUT2D eigenvalue weighted by Crippen LogP contribution is -2.64. The number of rotatable bonds is 19. The van der Waals surface area contributed by atoms with Gasteiger partial charge in [-0.05, 0) is 107 Å². The Bertz CT molecular complexity index is 2670. The van der Waals surface area contributed by atoms with Crippen molar-refractivity contribution in [1.82, 2.24) is 55.6 Å². The molecule has 1 aliphatic heterocycles. The molecule has 0 aromatic heterocycles. The van der Waals surface area contributed by atoms with Crippen molar-refractivity contribution in [2.75, 3.05) is 67.9 Å². The fourth-order valence-electron chi connectivity index (χ4n) is 11.9. The van der Waals surface area contributed by atoms with Crippen molar-refractivity contribution in [3.63, 3.8) is 0 Å². The van der Waals surface area contributed by atoms with Gasteiger partial charge in [0, 0.05) is 62.2 Å². The highest BCUT2D eigenvalue weighted by atomic mass is 32.2. The van der Waals surface area contributed by atoms with Crippen LogP contribution in [0, 0.1) is 41.4 Å². The first-order valence-electron chi connectivity index (χ1n) is 32.5. The Morgan fingerprint density at radius 1 is 0.489 bits per heavy atom. The third-order valence-corrected chi connectivity index (χ3v) is 18.5. The lowest BCUT2D eigenvalue weighted by atomic mass is 9.91. The van der Waals surface area contributed by atoms with E-state index >= 15 is 24.0 Å². The second-order valence-electron chi connectivity index (χ2n) is 27.5. The summed E-state index contributed by atoms with van der Waals surface area (Å²) in [6.07, 6.45) is 3.10. The normalized spacial score (nSPS) is 27.1. The molecule has 0 aliphatic carbocycles. The molecule has 6 N–H and O–H groups in total. The van der Waals surface area contributed by atoms with Crippen molar-refractivity contribution in [3.8, 4) is 0 Å². The van der Waals surface area contributed by atoms with Gasteiger partial charge in [0.05, 0.1) is 11.9 Å². The van der Waals surface area contributed by atoms with Gasteiger partial charge >= 0.3 is 0 Å². The number of hydrogen-bond acceptors (Lipinski definition) is 15. The maximum Gasteiger partial charge on any atom is 0.246 e. The fraction of sp³-hybridized carbons (Fsp3) is 0.800. The predicted octanol–water partition coefficient (Wildman–Crippen LogP) is 2.04. The maximum absolute atomic E-state index is 15.3. The fourth-order valence-corrected chi connectivity index (χ4v) is 13.0. The van der Waals surface area contributed by atoms with E-state index in [-0.39, 0.29) is 62.7 Å². The van der Waals surface area contributed by atoms with Crippen LogP contribution >= 0.6 is 0 Å². The molecule has 1 aliphatic rings. The predicted molar refractivity (Wildman–Crippen MR) is 353 cm³/mol. The summed E-state index contributed by atoms with van der Waals surface area (Å²) in [6.45, 7) is 26.5. The Kier molecular flexibility index (Phi) is 34.3. The minimum absolute atomic E-state index is 0.0511. The van der Waals surface area contributed by atoms with Gasteiger partial charge in [-0.15, -0.1) is 0 Å². The number of carbonyl (C=O) groups excluding carboxylic acids is 11. The number of likely N-dealkylation sites (N-methyl/N-ethyl adjacent to an activating group) is 7. The lowest BCUT2D eigenvalue weighted by molar-refractivity contribution is -0.157. The van der Waals surface area contributed by atoms with E-state index in [0.717, 1.165) is 25.9 Å². The van der Waals surface area contributed by atoms with Crippen molar-refractivity contribution >= 4 is 74.8 Å². The van der Waals surface area contributed by atoms with E-state index < -0.39 is 183 Å². The lowest BCUT2D eigenvalue weighted by Gasteiger charge is -2.41. The summed E-state index contributed by atoms with van der Waals surface area (Å²) >= 11 is 0. The van der Waals surface area contributed by atoms with Gasteiger partial charge in [-0.2, -0.15) is 0 Å². The van der Waals surface area contributed by atoms with Gasteiger partial charge in [0.2, 0.25) is 65.0 Å². The third-order valence-electron chi connectivity index (χ3n) is 17.3. The largest absolute Gasteiger partial charge is 0.396 e. The second kappa shape index (κ2) is 37.6. The molecule has 11 amide bonds. The molecule has 0 aromatic carbocycles. The van der Waals surface area contributed by atoms with Crippen LogP contribution < -0.4 is 21.3 Å². The van der Waals surface area contributed by atoms with E-state index in [4.69, 9.17) is 0 Å². The number of hydrogen-bond donors (Lipinski definition) is 6. The molecule has 0 radical (unpaired) electrons. The van der Waals surface area contributed by atoms with Gasteiger partial charge in [0.25, 0.3) is 0 Å². The summed E-state index contributed by atoms with van der Waals surface area (Å²) in [5, 5.41) is 33.1. The number of allylic oxidation sites excluding steroid dienone is 2. The van der Waals surface area contributed by atoms with Gasteiger partial charge < -0.3 is 65.8 Å². The first-order valence-corrected chi connectivity index (χ1v) is 34.6. The molecular weight excluding hydrogens is 1210 g/mol. The molecule has 92 heavy (non-hydrogen) atoms. The summed E-state index contributed by atoms with van der Waals surface area (Å²) in [5.74, 6) is -13.0. The number of nitrogens with one attached hydrogen (secondary N) is 4. The number of sulfone groups is 1. The molecule has 0 unspecified atom stereocenters. The minimum Gasteiger partial charge on any atom is -0.396 e. The van der Waals surface area contributed by atoms with Crippen LogP contribution in [0.1, 0.15) is 156 Å². The van der Waals surface area contributed by atoms with Crippen LogP contribution in [-0.2, 0) is 62.6 Å². The molecule has 0 bridgehead atoms. The van der Waals surface area contributed by atoms with Crippen LogP contribution in [0.15, 0.2) is 12.2 Å². The van der Waals surface area contributed by atoms with Crippen LogP contribution in [0.2, 0.25) is 0 Å². The van der Waals surface area contributed by atoms with Gasteiger partial charge in [-0.1, -0.05) is 102 Å². The van der Waals surface area contributed by atoms with Crippen molar-refractivity contribution in [2.24, 2.45) is 41.4 Å². The first-order chi connectivity index (χ1) is 42.4. The number of nitrogens with zero attached hydrogens (tertiary/aromatic N) is 7. The third kappa shape index (κ3) is 23.4. The molecule has 0 saturated carbocycles. The molecule has 1 heterocycles. The van der Waals surface area contributed by atoms with Crippen LogP contribution in [-0.4, -0.2) is 258 Å². The first kappa shape index (κ1) is 83.8. The summed E-state index contributed by atoms with van der Waals surface area (Å²) in [7, 11) is 5.59. The topological polar surface area (TPSA) is 333 Å². The van der Waals surface area contributed by atoms with Gasteiger partial charge in [0.15, 0.2) is 0 Å².